The lowest BCUT2D eigenvalue weighted by molar-refractivity contribution is -0.128. The normalized spacial score (nSPS) is 13.8. The summed E-state index contributed by atoms with van der Waals surface area (Å²) in [4.78, 5) is 38.2. The van der Waals surface area contributed by atoms with Gasteiger partial charge in [-0.05, 0) is 81.3 Å². The summed E-state index contributed by atoms with van der Waals surface area (Å²) in [6, 6.07) is 28.5. The monoisotopic (exact) mass is 807 g/mol. The van der Waals surface area contributed by atoms with E-state index in [2.05, 4.69) is 33.2 Å². The van der Waals surface area contributed by atoms with Crippen molar-refractivity contribution in [3.8, 4) is 28.6 Å². The van der Waals surface area contributed by atoms with E-state index in [1.165, 1.54) is 0 Å². The topological polar surface area (TPSA) is 119 Å². The van der Waals surface area contributed by atoms with Gasteiger partial charge < -0.3 is 29.4 Å². The number of halogens is 3. The Morgan fingerprint density at radius 2 is 1.80 bits per heavy atom. The van der Waals surface area contributed by atoms with E-state index < -0.39 is 0 Å². The molecule has 1 amide bonds. The van der Waals surface area contributed by atoms with Gasteiger partial charge in [0.2, 0.25) is 0 Å². The molecule has 0 aliphatic carbocycles. The average Bonchev–Trinajstić information content (AvgIpc) is 3.81. The van der Waals surface area contributed by atoms with Gasteiger partial charge in [-0.2, -0.15) is 5.26 Å². The number of imidazole rings is 1. The van der Waals surface area contributed by atoms with Crippen LogP contribution in [0.15, 0.2) is 91.3 Å². The molecule has 0 bridgehead atoms. The molecule has 1 unspecified atom stereocenters. The Morgan fingerprint density at radius 1 is 1.05 bits per heavy atom. The van der Waals surface area contributed by atoms with Crippen molar-refractivity contribution in [3.05, 3.63) is 123 Å². The van der Waals surface area contributed by atoms with Gasteiger partial charge in [0.15, 0.2) is 0 Å². The number of piperidine rings is 1. The Morgan fingerprint density at radius 3 is 2.54 bits per heavy atom. The zero-order chi connectivity index (χ0) is 39.3. The lowest BCUT2D eigenvalue weighted by Crippen LogP contribution is -2.44. The maximum Gasteiger partial charge on any atom is 0.293 e. The molecule has 1 atom stereocenters. The molecule has 1 fully saturated rings. The zero-order valence-electron chi connectivity index (χ0n) is 30.9. The molecular weight excluding hydrogens is 769 g/mol. The zero-order valence-corrected chi connectivity index (χ0v) is 33.2. The lowest BCUT2D eigenvalue weighted by Gasteiger charge is -2.38. The Balaban J connectivity index is 1.28. The van der Waals surface area contributed by atoms with E-state index in [0.29, 0.717) is 73.6 Å². The summed E-state index contributed by atoms with van der Waals surface area (Å²) in [6.07, 6.45) is 4.36. The minimum absolute atomic E-state index is 0.307. The number of rotatable bonds is 13. The first kappa shape index (κ1) is 38.9. The molecule has 2 N–H and O–H groups in total. The minimum Gasteiger partial charge on any atom is -0.468 e. The number of ether oxygens (including phenoxy) is 1. The number of nitrogens with one attached hydrogen (secondary N) is 2. The molecule has 10 nitrogen and oxygen atoms in total. The summed E-state index contributed by atoms with van der Waals surface area (Å²) in [5.74, 6) is -0.389. The Hall–Kier alpha value is -5.31. The second kappa shape index (κ2) is 17.2. The molecular formula is C43H40Cl3N7O3. The van der Waals surface area contributed by atoms with E-state index >= 15 is 0 Å². The quantitative estimate of drug-likeness (QED) is 0.0881. The van der Waals surface area contributed by atoms with E-state index in [1.54, 1.807) is 36.7 Å². The Bertz CT molecular complexity index is 2420. The molecule has 6 aromatic rings. The van der Waals surface area contributed by atoms with Crippen molar-refractivity contribution < 1.29 is 14.3 Å². The number of amides is 1. The van der Waals surface area contributed by atoms with Gasteiger partial charge in [0.05, 0.1) is 53.4 Å². The van der Waals surface area contributed by atoms with E-state index in [0.717, 1.165) is 61.1 Å². The number of carbonyl (C=O) groups excluding carboxylic acids is 2. The third-order valence-corrected chi connectivity index (χ3v) is 11.3. The van der Waals surface area contributed by atoms with Crippen molar-refractivity contribution in [1.82, 2.24) is 19.4 Å². The molecule has 1 saturated heterocycles. The average molecular weight is 809 g/mol. The third kappa shape index (κ3) is 8.13. The molecule has 0 saturated carbocycles. The second-order valence-electron chi connectivity index (χ2n) is 13.9. The molecule has 13 heteroatoms. The number of anilines is 2. The van der Waals surface area contributed by atoms with Crippen LogP contribution in [0.2, 0.25) is 15.1 Å². The molecule has 2 aromatic heterocycles. The van der Waals surface area contributed by atoms with Gasteiger partial charge in [0.25, 0.3) is 12.4 Å². The molecule has 286 valence electrons. The number of nitriles is 1. The number of aromatic nitrogens is 3. The highest BCUT2D eigenvalue weighted by molar-refractivity contribution is 6.35. The van der Waals surface area contributed by atoms with Crippen LogP contribution in [0.3, 0.4) is 0 Å². The van der Waals surface area contributed by atoms with Crippen LogP contribution in [0.25, 0.3) is 33.4 Å². The minimum atomic E-state index is -0.389. The van der Waals surface area contributed by atoms with Gasteiger partial charge in [0, 0.05) is 62.8 Å². The fourth-order valence-electron chi connectivity index (χ4n) is 7.63. The highest BCUT2D eigenvalue weighted by Gasteiger charge is 2.30. The summed E-state index contributed by atoms with van der Waals surface area (Å²) >= 11 is 19.6. The number of hydrogen-bond acceptors (Lipinski definition) is 7. The van der Waals surface area contributed by atoms with Gasteiger partial charge in [-0.3, -0.25) is 9.59 Å². The molecule has 56 heavy (non-hydrogen) atoms. The van der Waals surface area contributed by atoms with Crippen LogP contribution in [-0.4, -0.2) is 71.1 Å². The summed E-state index contributed by atoms with van der Waals surface area (Å²) in [7, 11) is 2.10. The van der Waals surface area contributed by atoms with Crippen LogP contribution in [0.1, 0.15) is 53.8 Å². The van der Waals surface area contributed by atoms with Crippen LogP contribution in [0, 0.1) is 11.3 Å². The van der Waals surface area contributed by atoms with Crippen LogP contribution in [0.5, 0.6) is 0 Å². The van der Waals surface area contributed by atoms with Crippen molar-refractivity contribution in [3.63, 3.8) is 0 Å². The number of fused-ring (bicyclic) bond motifs is 1. The summed E-state index contributed by atoms with van der Waals surface area (Å²) in [5, 5.41) is 15.4. The molecule has 4 aromatic carbocycles. The SMILES string of the molecule is CC(c1ccc(Cl)cc1Cl)n1cnc(-c2ccccc2)c1-c1c(C(=O)Nc2cc(C#N)ccc2N2CCC(N(C)CCCOC=O)CC2)[nH]c2cc(Cl)ccc12. The first-order valence-corrected chi connectivity index (χ1v) is 19.5. The number of benzene rings is 4. The highest BCUT2D eigenvalue weighted by atomic mass is 35.5. The fourth-order valence-corrected chi connectivity index (χ4v) is 8.37. The van der Waals surface area contributed by atoms with Gasteiger partial charge in [0.1, 0.15) is 5.69 Å². The van der Waals surface area contributed by atoms with Gasteiger partial charge in [-0.15, -0.1) is 0 Å². The Kier molecular flexibility index (Phi) is 12.0. The van der Waals surface area contributed by atoms with Crippen LogP contribution in [-0.2, 0) is 9.53 Å². The van der Waals surface area contributed by atoms with Crippen molar-refractivity contribution in [2.24, 2.45) is 0 Å². The summed E-state index contributed by atoms with van der Waals surface area (Å²) in [5.41, 5.74) is 6.53. The predicted octanol–water partition coefficient (Wildman–Crippen LogP) is 9.86. The molecule has 1 aliphatic heterocycles. The van der Waals surface area contributed by atoms with E-state index in [1.807, 2.05) is 66.1 Å². The van der Waals surface area contributed by atoms with Crippen LogP contribution in [0.4, 0.5) is 11.4 Å². The maximum absolute atomic E-state index is 14.8. The number of hydrogen-bond donors (Lipinski definition) is 2. The van der Waals surface area contributed by atoms with Crippen LogP contribution < -0.4 is 10.2 Å². The number of carbonyl (C=O) groups is 2. The van der Waals surface area contributed by atoms with Crippen LogP contribution >= 0.6 is 34.8 Å². The maximum atomic E-state index is 14.8. The number of aromatic amines is 1. The molecule has 3 heterocycles. The standard InChI is InChI=1S/C43H40Cl3N7O3/c1-27(33-12-10-30(44)22-35(33)46)53-25-48-40(29-7-4-3-5-8-29)42(53)39-34-13-11-31(45)23-36(34)49-41(39)43(55)50-37-21-28(24-47)9-14-38(37)52-18-15-32(16-19-52)51(2)17-6-20-56-26-54/h3-5,7-14,21-23,25-27,32,49H,6,15-20H2,1-2H3,(H,50,55). The van der Waals surface area contributed by atoms with Crippen molar-refractivity contribution in [2.45, 2.75) is 38.3 Å². The smallest absolute Gasteiger partial charge is 0.293 e. The lowest BCUT2D eigenvalue weighted by atomic mass is 9.99. The highest BCUT2D eigenvalue weighted by Crippen LogP contribution is 2.43. The van der Waals surface area contributed by atoms with E-state index in [9.17, 15) is 14.9 Å². The molecule has 0 radical (unpaired) electrons. The predicted molar refractivity (Wildman–Crippen MR) is 224 cm³/mol. The van der Waals surface area contributed by atoms with Crippen molar-refractivity contribution >= 4 is 69.5 Å². The first-order valence-electron chi connectivity index (χ1n) is 18.4. The van der Waals surface area contributed by atoms with Gasteiger partial charge in [-0.1, -0.05) is 77.3 Å². The van der Waals surface area contributed by atoms with Gasteiger partial charge in [-0.25, -0.2) is 4.98 Å². The van der Waals surface area contributed by atoms with E-state index in [-0.39, 0.29) is 11.9 Å². The van der Waals surface area contributed by atoms with Crippen molar-refractivity contribution in [1.29, 1.82) is 5.26 Å². The first-order chi connectivity index (χ1) is 27.2. The molecule has 0 spiro atoms. The Labute approximate surface area is 340 Å². The summed E-state index contributed by atoms with van der Waals surface area (Å²) < 4.78 is 6.90. The molecule has 7 rings (SSSR count). The number of H-pyrrole nitrogens is 1. The largest absolute Gasteiger partial charge is 0.468 e. The summed E-state index contributed by atoms with van der Waals surface area (Å²) in [6.45, 7) is 5.26. The van der Waals surface area contributed by atoms with E-state index in [4.69, 9.17) is 44.5 Å². The molecule has 1 aliphatic rings. The number of nitrogens with zero attached hydrogens (tertiary/aromatic N) is 5. The van der Waals surface area contributed by atoms with Gasteiger partial charge >= 0.3 is 0 Å². The third-order valence-electron chi connectivity index (χ3n) is 10.5. The second-order valence-corrected chi connectivity index (χ2v) is 15.2. The van der Waals surface area contributed by atoms with Crippen molar-refractivity contribution in [2.75, 3.05) is 43.5 Å². The fraction of sp³-hybridized carbons (Fsp3) is 0.256.